The minimum atomic E-state index is -4.38. The van der Waals surface area contributed by atoms with Crippen molar-refractivity contribution in [1.82, 2.24) is 25.4 Å². The predicted octanol–water partition coefficient (Wildman–Crippen LogP) is 2.53. The van der Waals surface area contributed by atoms with Gasteiger partial charge in [0, 0.05) is 64.2 Å². The average molecular weight is 435 g/mol. The van der Waals surface area contributed by atoms with E-state index in [9.17, 15) is 13.2 Å². The molecule has 6 nitrogen and oxygen atoms in total. The summed E-state index contributed by atoms with van der Waals surface area (Å²) in [6.07, 6.45) is -3.94. The zero-order valence-electron chi connectivity index (χ0n) is 17.6. The van der Waals surface area contributed by atoms with Gasteiger partial charge in [0.25, 0.3) is 0 Å². The number of nitrogens with zero attached hydrogens (tertiary/aromatic N) is 4. The van der Waals surface area contributed by atoms with E-state index in [2.05, 4.69) is 44.3 Å². The van der Waals surface area contributed by atoms with Crippen molar-refractivity contribution >= 4 is 17.3 Å². The number of nitrogens with one attached hydrogen (secondary N) is 2. The van der Waals surface area contributed by atoms with Crippen molar-refractivity contribution in [1.29, 1.82) is 0 Å². The monoisotopic (exact) mass is 434 g/mol. The van der Waals surface area contributed by atoms with Crippen LogP contribution in [-0.4, -0.2) is 79.6 Å². The number of hydrogen-bond acceptors (Lipinski definition) is 5. The van der Waals surface area contributed by atoms with E-state index in [1.165, 1.54) is 0 Å². The maximum Gasteiger partial charge on any atom is 0.434 e. The van der Waals surface area contributed by atoms with E-state index in [-0.39, 0.29) is 0 Å². The Bertz CT molecular complexity index is 626. The molecule has 0 amide bonds. The Morgan fingerprint density at radius 3 is 2.48 bits per heavy atom. The number of piperazine rings is 1. The Morgan fingerprint density at radius 2 is 1.90 bits per heavy atom. The van der Waals surface area contributed by atoms with Crippen molar-refractivity contribution in [2.75, 3.05) is 58.9 Å². The molecule has 1 aliphatic heterocycles. The third-order valence-electron chi connectivity index (χ3n) is 4.86. The molecule has 1 aliphatic rings. The van der Waals surface area contributed by atoms with Crippen LogP contribution in [0.2, 0.25) is 0 Å². The summed E-state index contributed by atoms with van der Waals surface area (Å²) in [6, 6.07) is 0. The van der Waals surface area contributed by atoms with Gasteiger partial charge >= 0.3 is 6.18 Å². The topological polar surface area (TPSA) is 55.8 Å². The molecule has 29 heavy (non-hydrogen) atoms. The summed E-state index contributed by atoms with van der Waals surface area (Å²) in [5.41, 5.74) is -0.813. The third-order valence-corrected chi connectivity index (χ3v) is 5.77. The molecule has 2 heterocycles. The molecule has 10 heteroatoms. The van der Waals surface area contributed by atoms with Crippen molar-refractivity contribution in [3.05, 3.63) is 16.1 Å². The maximum absolute atomic E-state index is 12.6. The number of guanidine groups is 1. The van der Waals surface area contributed by atoms with Crippen LogP contribution in [-0.2, 0) is 12.6 Å². The van der Waals surface area contributed by atoms with Gasteiger partial charge in [0.1, 0.15) is 0 Å². The summed E-state index contributed by atoms with van der Waals surface area (Å²) < 4.78 is 37.9. The molecule has 1 unspecified atom stereocenters. The molecule has 1 saturated heterocycles. The van der Waals surface area contributed by atoms with Gasteiger partial charge in [-0.05, 0) is 19.4 Å². The van der Waals surface area contributed by atoms with Crippen LogP contribution in [0, 0.1) is 5.92 Å². The number of likely N-dealkylation sites (N-methyl/N-ethyl adjacent to an activating group) is 1. The molecule has 1 aromatic rings. The predicted molar refractivity (Wildman–Crippen MR) is 113 cm³/mol. The van der Waals surface area contributed by atoms with E-state index in [1.54, 1.807) is 0 Å². The van der Waals surface area contributed by atoms with E-state index >= 15 is 0 Å². The lowest BCUT2D eigenvalue weighted by atomic mass is 10.1. The van der Waals surface area contributed by atoms with Gasteiger partial charge in [-0.25, -0.2) is 4.98 Å². The van der Waals surface area contributed by atoms with Crippen molar-refractivity contribution < 1.29 is 13.2 Å². The van der Waals surface area contributed by atoms with Crippen LogP contribution >= 0.6 is 11.3 Å². The Kier molecular flexibility index (Phi) is 9.64. The largest absolute Gasteiger partial charge is 0.434 e. The Labute approximate surface area is 175 Å². The van der Waals surface area contributed by atoms with Crippen LogP contribution in [0.3, 0.4) is 0 Å². The number of rotatable bonds is 9. The highest BCUT2D eigenvalue weighted by Gasteiger charge is 2.33. The maximum atomic E-state index is 12.6. The van der Waals surface area contributed by atoms with Gasteiger partial charge in [0.2, 0.25) is 0 Å². The number of hydrogen-bond donors (Lipinski definition) is 2. The normalized spacial score (nSPS) is 18.1. The fraction of sp³-hybridized carbons (Fsp3) is 0.789. The fourth-order valence-corrected chi connectivity index (χ4v) is 4.02. The second kappa shape index (κ2) is 11.7. The first kappa shape index (κ1) is 23.9. The minimum Gasteiger partial charge on any atom is -0.357 e. The van der Waals surface area contributed by atoms with Crippen LogP contribution < -0.4 is 10.6 Å². The molecule has 0 radical (unpaired) electrons. The smallest absolute Gasteiger partial charge is 0.357 e. The second-order valence-electron chi connectivity index (χ2n) is 7.36. The summed E-state index contributed by atoms with van der Waals surface area (Å²) in [7, 11) is 0. The fourth-order valence-electron chi connectivity index (χ4n) is 3.22. The van der Waals surface area contributed by atoms with Gasteiger partial charge in [-0.3, -0.25) is 4.99 Å². The molecular formula is C19H33F3N6S. The highest BCUT2D eigenvalue weighted by Crippen LogP contribution is 2.29. The molecule has 1 fully saturated rings. The summed E-state index contributed by atoms with van der Waals surface area (Å²) in [5.74, 6) is 1.13. The summed E-state index contributed by atoms with van der Waals surface area (Å²) >= 11 is 1.04. The lowest BCUT2D eigenvalue weighted by Gasteiger charge is -2.35. The SMILES string of the molecule is CCNC(=NCC(C)CN1CCN(CC)CC1)NCCc1nc(C(F)(F)F)cs1. The number of thiazole rings is 1. The highest BCUT2D eigenvalue weighted by molar-refractivity contribution is 7.09. The van der Waals surface area contributed by atoms with Crippen LogP contribution in [0.4, 0.5) is 13.2 Å². The van der Waals surface area contributed by atoms with Crippen LogP contribution in [0.25, 0.3) is 0 Å². The molecule has 0 aliphatic carbocycles. The molecule has 166 valence electrons. The van der Waals surface area contributed by atoms with E-state index < -0.39 is 11.9 Å². The van der Waals surface area contributed by atoms with Gasteiger partial charge in [-0.15, -0.1) is 11.3 Å². The number of aliphatic imine (C=N–C) groups is 1. The Morgan fingerprint density at radius 1 is 1.21 bits per heavy atom. The zero-order chi connectivity index (χ0) is 21.3. The second-order valence-corrected chi connectivity index (χ2v) is 8.30. The average Bonchev–Trinajstić information content (AvgIpc) is 3.16. The minimum absolute atomic E-state index is 0.433. The van der Waals surface area contributed by atoms with Crippen molar-refractivity contribution in [2.24, 2.45) is 10.9 Å². The zero-order valence-corrected chi connectivity index (χ0v) is 18.4. The van der Waals surface area contributed by atoms with Gasteiger partial charge < -0.3 is 20.4 Å². The number of halogens is 3. The quantitative estimate of drug-likeness (QED) is 0.462. The summed E-state index contributed by atoms with van der Waals surface area (Å²) in [4.78, 5) is 13.3. The Hall–Kier alpha value is -1.39. The molecule has 2 N–H and O–H groups in total. The Balaban J connectivity index is 1.74. The van der Waals surface area contributed by atoms with E-state index in [1.807, 2.05) is 6.92 Å². The van der Waals surface area contributed by atoms with E-state index in [0.29, 0.717) is 36.4 Å². The molecule has 0 aromatic carbocycles. The molecule has 2 rings (SSSR count). The molecular weight excluding hydrogens is 401 g/mol. The highest BCUT2D eigenvalue weighted by atomic mass is 32.1. The lowest BCUT2D eigenvalue weighted by molar-refractivity contribution is -0.140. The molecule has 0 spiro atoms. The van der Waals surface area contributed by atoms with Crippen molar-refractivity contribution in [3.8, 4) is 0 Å². The first-order valence-electron chi connectivity index (χ1n) is 10.3. The van der Waals surface area contributed by atoms with Crippen LogP contribution in [0.5, 0.6) is 0 Å². The summed E-state index contributed by atoms with van der Waals surface area (Å²) in [5, 5.41) is 7.92. The van der Waals surface area contributed by atoms with E-state index in [4.69, 9.17) is 0 Å². The van der Waals surface area contributed by atoms with Gasteiger partial charge in [0.15, 0.2) is 11.7 Å². The molecule has 1 atom stereocenters. The van der Waals surface area contributed by atoms with Crippen molar-refractivity contribution in [2.45, 2.75) is 33.4 Å². The number of aromatic nitrogens is 1. The summed E-state index contributed by atoms with van der Waals surface area (Å²) in [6.45, 7) is 14.9. The van der Waals surface area contributed by atoms with Gasteiger partial charge in [-0.2, -0.15) is 13.2 Å². The van der Waals surface area contributed by atoms with Gasteiger partial charge in [0.05, 0.1) is 5.01 Å². The first-order chi connectivity index (χ1) is 13.8. The first-order valence-corrected chi connectivity index (χ1v) is 11.2. The molecule has 0 bridgehead atoms. The van der Waals surface area contributed by atoms with E-state index in [0.717, 1.165) is 62.5 Å². The molecule has 1 aromatic heterocycles. The number of alkyl halides is 3. The third kappa shape index (κ3) is 8.47. The molecule has 0 saturated carbocycles. The standard InChI is InChI=1S/C19H33F3N6S/c1-4-23-18(24-7-6-17-26-16(14-29-17)19(20,21)22)25-12-15(3)13-28-10-8-27(5-2)9-11-28/h14-15H,4-13H2,1-3H3,(H2,23,24,25). The van der Waals surface area contributed by atoms with Crippen LogP contribution in [0.15, 0.2) is 10.4 Å². The lowest BCUT2D eigenvalue weighted by Crippen LogP contribution is -2.47. The van der Waals surface area contributed by atoms with Gasteiger partial charge in [-0.1, -0.05) is 13.8 Å². The van der Waals surface area contributed by atoms with Crippen molar-refractivity contribution in [3.63, 3.8) is 0 Å². The van der Waals surface area contributed by atoms with Crippen LogP contribution in [0.1, 0.15) is 31.5 Å².